The van der Waals surface area contributed by atoms with E-state index in [1.807, 2.05) is 51.1 Å². The van der Waals surface area contributed by atoms with E-state index in [2.05, 4.69) is 18.5 Å². The lowest BCUT2D eigenvalue weighted by Crippen LogP contribution is -2.60. The van der Waals surface area contributed by atoms with Crippen LogP contribution in [0.25, 0.3) is 0 Å². The minimum absolute atomic E-state index is 0.125. The summed E-state index contributed by atoms with van der Waals surface area (Å²) in [5.74, 6) is -3.37. The summed E-state index contributed by atoms with van der Waals surface area (Å²) in [5, 5.41) is 13.4. The molecule has 3 aliphatic rings. The highest BCUT2D eigenvalue weighted by Crippen LogP contribution is 2.60. The maximum atomic E-state index is 14.6. The first-order chi connectivity index (χ1) is 20.4. The molecular weight excluding hydrogens is 550 g/mol. The fraction of sp³-hybridized carbons (Fsp3) is 0.576. The quantitative estimate of drug-likeness (QED) is 0.265. The predicted molar refractivity (Wildman–Crippen MR) is 160 cm³/mol. The Morgan fingerprint density at radius 2 is 1.93 bits per heavy atom. The lowest BCUT2D eigenvalue weighted by atomic mass is 9.70. The second-order valence-corrected chi connectivity index (χ2v) is 12.7. The number of allylic oxidation sites excluding steroid dienone is 1. The van der Waals surface area contributed by atoms with Gasteiger partial charge in [0.05, 0.1) is 37.1 Å². The van der Waals surface area contributed by atoms with Crippen LogP contribution in [0, 0.1) is 11.8 Å². The molecule has 10 nitrogen and oxygen atoms in total. The molecular formula is C33H45N3O7. The Kier molecular flexibility index (Phi) is 9.81. The summed E-state index contributed by atoms with van der Waals surface area (Å²) in [7, 11) is 0. The zero-order valence-corrected chi connectivity index (χ0v) is 25.7. The minimum Gasteiger partial charge on any atom is -0.460 e. The van der Waals surface area contributed by atoms with Crippen LogP contribution in [0.15, 0.2) is 55.6 Å². The second-order valence-electron chi connectivity index (χ2n) is 12.7. The highest BCUT2D eigenvalue weighted by molar-refractivity contribution is 5.98. The first kappa shape index (κ1) is 32.4. The van der Waals surface area contributed by atoms with E-state index >= 15 is 0 Å². The lowest BCUT2D eigenvalue weighted by Gasteiger charge is -2.43. The van der Waals surface area contributed by atoms with Crippen LogP contribution in [-0.4, -0.2) is 87.7 Å². The van der Waals surface area contributed by atoms with Crippen molar-refractivity contribution in [3.8, 4) is 0 Å². The Hall–Kier alpha value is -3.50. The molecule has 234 valence electrons. The summed E-state index contributed by atoms with van der Waals surface area (Å²) in [5.41, 5.74) is -1.18. The van der Waals surface area contributed by atoms with E-state index in [4.69, 9.17) is 9.47 Å². The molecule has 10 heteroatoms. The van der Waals surface area contributed by atoms with Crippen molar-refractivity contribution in [3.63, 3.8) is 0 Å². The van der Waals surface area contributed by atoms with Crippen LogP contribution in [-0.2, 0) is 28.7 Å². The third-order valence-electron chi connectivity index (χ3n) is 8.80. The van der Waals surface area contributed by atoms with E-state index < -0.39 is 65.8 Å². The van der Waals surface area contributed by atoms with Gasteiger partial charge in [-0.25, -0.2) is 0 Å². The van der Waals surface area contributed by atoms with Gasteiger partial charge in [0.1, 0.15) is 17.7 Å². The fourth-order valence-corrected chi connectivity index (χ4v) is 6.87. The first-order valence-corrected chi connectivity index (χ1v) is 15.1. The molecule has 0 saturated carbocycles. The molecule has 2 N–H and O–H groups in total. The number of nitrogens with zero attached hydrogens (tertiary/aromatic N) is 2. The van der Waals surface area contributed by atoms with Gasteiger partial charge in [-0.3, -0.25) is 19.2 Å². The summed E-state index contributed by atoms with van der Waals surface area (Å²) in [6, 6.07) is 7.19. The van der Waals surface area contributed by atoms with Gasteiger partial charge in [-0.2, -0.15) is 0 Å². The first-order valence-electron chi connectivity index (χ1n) is 15.1. The number of nitrogens with one attached hydrogen (secondary N) is 1. The molecule has 0 aromatic heterocycles. The number of rotatable bonds is 13. The maximum absolute atomic E-state index is 14.6. The van der Waals surface area contributed by atoms with Gasteiger partial charge in [-0.15, -0.1) is 13.2 Å². The number of hydrogen-bond acceptors (Lipinski definition) is 7. The number of carbonyl (C=O) groups is 4. The number of benzene rings is 1. The Morgan fingerprint density at radius 3 is 2.53 bits per heavy atom. The molecule has 3 aliphatic heterocycles. The number of ether oxygens (including phenoxy) is 2. The fourth-order valence-electron chi connectivity index (χ4n) is 6.87. The smallest absolute Gasteiger partial charge is 0.312 e. The average Bonchev–Trinajstić information content (AvgIpc) is 3.61. The van der Waals surface area contributed by atoms with E-state index in [1.165, 1.54) is 4.90 Å². The third kappa shape index (κ3) is 6.13. The number of carbonyl (C=O) groups excluding carboxylic acids is 4. The van der Waals surface area contributed by atoms with Gasteiger partial charge in [0.2, 0.25) is 17.7 Å². The van der Waals surface area contributed by atoms with Crippen LogP contribution in [0.5, 0.6) is 0 Å². The second kappa shape index (κ2) is 13.0. The van der Waals surface area contributed by atoms with E-state index in [0.717, 1.165) is 0 Å². The monoisotopic (exact) mass is 595 g/mol. The van der Waals surface area contributed by atoms with Crippen LogP contribution < -0.4 is 5.32 Å². The van der Waals surface area contributed by atoms with Crippen molar-refractivity contribution in [1.29, 1.82) is 0 Å². The summed E-state index contributed by atoms with van der Waals surface area (Å²) < 4.78 is 12.3. The van der Waals surface area contributed by atoms with E-state index in [-0.39, 0.29) is 31.3 Å². The molecule has 43 heavy (non-hydrogen) atoms. The third-order valence-corrected chi connectivity index (χ3v) is 8.80. The van der Waals surface area contributed by atoms with Crippen LogP contribution >= 0.6 is 0 Å². The van der Waals surface area contributed by atoms with Gasteiger partial charge in [-0.05, 0) is 52.5 Å². The van der Waals surface area contributed by atoms with Gasteiger partial charge in [0, 0.05) is 18.5 Å². The Morgan fingerprint density at radius 1 is 1.23 bits per heavy atom. The van der Waals surface area contributed by atoms with Gasteiger partial charge >= 0.3 is 5.97 Å². The molecule has 0 aliphatic carbocycles. The Labute approximate surface area is 254 Å². The number of aliphatic hydroxyl groups excluding tert-OH is 1. The standard InChI is InChI=1S/C33H45N3O7/c1-7-9-15-25(38)34-19-21(3)42-31(41)26-24-16-17-33(43-24)27(26)29(39)36(23(20-37)22-13-11-10-12-14-22)28(33)30(40)35(18-8-2)32(4,5)6/h7-8,10-14,21,23-24,26-28,37H,1-2,9,15-20H2,3-6H3,(H,34,38)/t21-,23+,24-,26+,27+,28-,33+/m0/s1. The molecule has 7 atom stereocenters. The molecule has 2 bridgehead atoms. The van der Waals surface area contributed by atoms with Crippen LogP contribution in [0.3, 0.4) is 0 Å². The number of hydrogen-bond donors (Lipinski definition) is 2. The van der Waals surface area contributed by atoms with Crippen molar-refractivity contribution in [2.24, 2.45) is 11.8 Å². The molecule has 0 unspecified atom stereocenters. The molecule has 0 radical (unpaired) electrons. The van der Waals surface area contributed by atoms with Crippen molar-refractivity contribution in [2.45, 2.75) is 88.8 Å². The topological polar surface area (TPSA) is 125 Å². The molecule has 3 heterocycles. The normalized spacial score (nSPS) is 27.3. The van der Waals surface area contributed by atoms with Gasteiger partial charge in [0.15, 0.2) is 0 Å². The number of amides is 3. The van der Waals surface area contributed by atoms with E-state index in [1.54, 1.807) is 24.0 Å². The average molecular weight is 596 g/mol. The zero-order valence-electron chi connectivity index (χ0n) is 25.7. The van der Waals surface area contributed by atoms with Crippen molar-refractivity contribution in [3.05, 3.63) is 61.2 Å². The molecule has 3 saturated heterocycles. The van der Waals surface area contributed by atoms with Crippen molar-refractivity contribution in [1.82, 2.24) is 15.1 Å². The number of fused-ring (bicyclic) bond motifs is 1. The summed E-state index contributed by atoms with van der Waals surface area (Å²) in [4.78, 5) is 57.9. The molecule has 4 rings (SSSR count). The van der Waals surface area contributed by atoms with Gasteiger partial charge in [-0.1, -0.05) is 42.5 Å². The predicted octanol–water partition coefficient (Wildman–Crippen LogP) is 2.92. The minimum atomic E-state index is -1.25. The SMILES string of the molecule is C=CCCC(=O)NC[C@H](C)OC(=O)[C@@H]1[C@@H]2CC[C@]3(O2)[C@H](C(=O)N(CC=C)C(C)(C)C)N([C@H](CO)c2ccccc2)C(=O)[C@@H]13. The Balaban J connectivity index is 1.68. The summed E-state index contributed by atoms with van der Waals surface area (Å²) in [6.07, 6.45) is 3.81. The van der Waals surface area contributed by atoms with E-state index in [0.29, 0.717) is 24.8 Å². The summed E-state index contributed by atoms with van der Waals surface area (Å²) >= 11 is 0. The maximum Gasteiger partial charge on any atom is 0.312 e. The van der Waals surface area contributed by atoms with Crippen molar-refractivity contribution >= 4 is 23.7 Å². The van der Waals surface area contributed by atoms with E-state index in [9.17, 15) is 24.3 Å². The van der Waals surface area contributed by atoms with Gasteiger partial charge < -0.3 is 29.7 Å². The molecule has 1 spiro atoms. The van der Waals surface area contributed by atoms with Crippen LogP contribution in [0.4, 0.5) is 0 Å². The highest BCUT2D eigenvalue weighted by atomic mass is 16.6. The van der Waals surface area contributed by atoms with Crippen LogP contribution in [0.1, 0.15) is 65.0 Å². The molecule has 3 fully saturated rings. The van der Waals surface area contributed by atoms with Gasteiger partial charge in [0.25, 0.3) is 0 Å². The number of esters is 1. The lowest BCUT2D eigenvalue weighted by molar-refractivity contribution is -0.160. The molecule has 1 aromatic rings. The van der Waals surface area contributed by atoms with Crippen molar-refractivity contribution in [2.75, 3.05) is 19.7 Å². The van der Waals surface area contributed by atoms with Crippen LogP contribution in [0.2, 0.25) is 0 Å². The Bertz CT molecular complexity index is 1230. The largest absolute Gasteiger partial charge is 0.460 e. The molecule has 1 aromatic carbocycles. The number of likely N-dealkylation sites (tertiary alicyclic amines) is 1. The zero-order chi connectivity index (χ0) is 31.5. The number of aliphatic hydroxyl groups is 1. The highest BCUT2D eigenvalue weighted by Gasteiger charge is 2.76. The summed E-state index contributed by atoms with van der Waals surface area (Å²) in [6.45, 7) is 14.8. The molecule has 3 amide bonds. The van der Waals surface area contributed by atoms with Crippen molar-refractivity contribution < 1.29 is 33.8 Å².